The minimum Gasteiger partial charge on any atom is -0.481 e. The van der Waals surface area contributed by atoms with Gasteiger partial charge in [0, 0.05) is 19.5 Å². The van der Waals surface area contributed by atoms with E-state index >= 15 is 0 Å². The predicted molar refractivity (Wildman–Crippen MR) is 82.2 cm³/mol. The van der Waals surface area contributed by atoms with Gasteiger partial charge >= 0.3 is 13.1 Å². The van der Waals surface area contributed by atoms with Crippen LogP contribution < -0.4 is 0 Å². The van der Waals surface area contributed by atoms with Crippen molar-refractivity contribution in [2.75, 3.05) is 13.1 Å². The minimum absolute atomic E-state index is 0.0506. The standard InChI is InChI=1S/C15H24BNO5/c1-14(2)15(3,4)22-16(21-14)11-7-9-17(10-8-11)12(18)5-6-13(19)20/h7H,5-6,8-10H2,1-4H3,(H,19,20). The molecule has 1 N–H and O–H groups in total. The van der Waals surface area contributed by atoms with Crippen molar-refractivity contribution < 1.29 is 24.0 Å². The molecular weight excluding hydrogens is 285 g/mol. The molecule has 0 unspecified atom stereocenters. The molecule has 0 radical (unpaired) electrons. The van der Waals surface area contributed by atoms with Crippen LogP contribution in [0.15, 0.2) is 11.5 Å². The number of carboxylic acid groups (broad SMARTS) is 1. The molecule has 1 fully saturated rings. The third kappa shape index (κ3) is 3.52. The number of carboxylic acids is 1. The monoisotopic (exact) mass is 309 g/mol. The van der Waals surface area contributed by atoms with Crippen molar-refractivity contribution in [1.82, 2.24) is 4.90 Å². The number of amides is 1. The van der Waals surface area contributed by atoms with Gasteiger partial charge in [0.1, 0.15) is 0 Å². The predicted octanol–water partition coefficient (Wildman–Crippen LogP) is 1.64. The fourth-order valence-electron chi connectivity index (χ4n) is 2.49. The average molecular weight is 309 g/mol. The van der Waals surface area contributed by atoms with Crippen molar-refractivity contribution in [1.29, 1.82) is 0 Å². The molecule has 122 valence electrons. The third-order valence-electron chi connectivity index (χ3n) is 4.71. The molecule has 0 aromatic carbocycles. The Kier molecular flexibility index (Phi) is 4.68. The summed E-state index contributed by atoms with van der Waals surface area (Å²) < 4.78 is 12.0. The van der Waals surface area contributed by atoms with Gasteiger partial charge in [0.2, 0.25) is 5.91 Å². The van der Waals surface area contributed by atoms with Gasteiger partial charge in [-0.1, -0.05) is 6.08 Å². The molecule has 0 spiro atoms. The van der Waals surface area contributed by atoms with Crippen molar-refractivity contribution in [3.63, 3.8) is 0 Å². The first-order chi connectivity index (χ1) is 10.1. The fraction of sp³-hybridized carbons (Fsp3) is 0.733. The molecule has 6 nitrogen and oxygen atoms in total. The number of carbonyl (C=O) groups excluding carboxylic acids is 1. The van der Waals surface area contributed by atoms with E-state index in [4.69, 9.17) is 14.4 Å². The van der Waals surface area contributed by atoms with Gasteiger partial charge in [-0.15, -0.1) is 0 Å². The largest absolute Gasteiger partial charge is 0.490 e. The van der Waals surface area contributed by atoms with Crippen molar-refractivity contribution in [2.24, 2.45) is 0 Å². The molecule has 2 heterocycles. The van der Waals surface area contributed by atoms with E-state index in [9.17, 15) is 9.59 Å². The van der Waals surface area contributed by atoms with Gasteiger partial charge in [-0.05, 0) is 39.6 Å². The molecule has 0 aromatic rings. The van der Waals surface area contributed by atoms with Gasteiger partial charge in [-0.2, -0.15) is 0 Å². The smallest absolute Gasteiger partial charge is 0.481 e. The minimum atomic E-state index is -0.946. The molecule has 1 amide bonds. The van der Waals surface area contributed by atoms with Gasteiger partial charge in [-0.3, -0.25) is 9.59 Å². The first kappa shape index (κ1) is 17.0. The topological polar surface area (TPSA) is 76.1 Å². The molecular formula is C15H24BNO5. The Balaban J connectivity index is 1.93. The maximum absolute atomic E-state index is 11.9. The van der Waals surface area contributed by atoms with Crippen molar-refractivity contribution >= 4 is 19.0 Å². The third-order valence-corrected chi connectivity index (χ3v) is 4.71. The lowest BCUT2D eigenvalue weighted by Crippen LogP contribution is -2.41. The van der Waals surface area contributed by atoms with E-state index in [-0.39, 0.29) is 37.1 Å². The lowest BCUT2D eigenvalue weighted by atomic mass is 9.74. The van der Waals surface area contributed by atoms with Crippen LogP contribution in [0.1, 0.15) is 47.0 Å². The summed E-state index contributed by atoms with van der Waals surface area (Å²) >= 11 is 0. The van der Waals surface area contributed by atoms with Crippen LogP contribution in [0.2, 0.25) is 0 Å². The number of rotatable bonds is 4. The van der Waals surface area contributed by atoms with E-state index in [0.29, 0.717) is 19.5 Å². The van der Waals surface area contributed by atoms with E-state index in [2.05, 4.69) is 0 Å². The fourth-order valence-corrected chi connectivity index (χ4v) is 2.49. The normalized spacial score (nSPS) is 23.4. The summed E-state index contributed by atoms with van der Waals surface area (Å²) in [5.41, 5.74) is 0.320. The lowest BCUT2D eigenvalue weighted by molar-refractivity contribution is -0.140. The van der Waals surface area contributed by atoms with E-state index in [1.54, 1.807) is 4.90 Å². The summed E-state index contributed by atoms with van der Waals surface area (Å²) in [4.78, 5) is 24.1. The molecule has 1 saturated heterocycles. The summed E-state index contributed by atoms with van der Waals surface area (Å²) in [6.07, 6.45) is 2.58. The molecule has 0 bridgehead atoms. The van der Waals surface area contributed by atoms with Crippen LogP contribution in [0, 0.1) is 0 Å². The molecule has 0 aliphatic carbocycles. The second-order valence-electron chi connectivity index (χ2n) is 6.85. The molecule has 2 rings (SSSR count). The molecule has 22 heavy (non-hydrogen) atoms. The molecule has 0 atom stereocenters. The number of carbonyl (C=O) groups is 2. The van der Waals surface area contributed by atoms with E-state index < -0.39 is 5.97 Å². The maximum atomic E-state index is 11.9. The van der Waals surface area contributed by atoms with Gasteiger partial charge in [-0.25, -0.2) is 0 Å². The lowest BCUT2D eigenvalue weighted by Gasteiger charge is -2.32. The highest BCUT2D eigenvalue weighted by Crippen LogP contribution is 2.39. The van der Waals surface area contributed by atoms with Crippen molar-refractivity contribution in [2.45, 2.75) is 58.2 Å². The second kappa shape index (κ2) is 6.04. The summed E-state index contributed by atoms with van der Waals surface area (Å²) in [6.45, 7) is 9.11. The Morgan fingerprint density at radius 3 is 2.27 bits per heavy atom. The molecule has 2 aliphatic rings. The van der Waals surface area contributed by atoms with Crippen LogP contribution in [0.4, 0.5) is 0 Å². The number of hydrogen-bond donors (Lipinski definition) is 1. The Hall–Kier alpha value is -1.34. The van der Waals surface area contributed by atoms with Crippen molar-refractivity contribution in [3.05, 3.63) is 11.5 Å². The Labute approximate surface area is 131 Å². The molecule has 0 saturated carbocycles. The van der Waals surface area contributed by atoms with Gasteiger partial charge in [0.05, 0.1) is 17.6 Å². The van der Waals surface area contributed by atoms with Gasteiger partial charge in [0.25, 0.3) is 0 Å². The highest BCUT2D eigenvalue weighted by atomic mass is 16.7. The first-order valence-corrected chi connectivity index (χ1v) is 7.66. The first-order valence-electron chi connectivity index (χ1n) is 7.66. The molecule has 0 aromatic heterocycles. The van der Waals surface area contributed by atoms with E-state index in [0.717, 1.165) is 5.47 Å². The summed E-state index contributed by atoms with van der Waals surface area (Å²) in [7, 11) is -0.360. The van der Waals surface area contributed by atoms with Crippen LogP contribution in [0.25, 0.3) is 0 Å². The zero-order valence-corrected chi connectivity index (χ0v) is 13.7. The van der Waals surface area contributed by atoms with E-state index in [1.807, 2.05) is 33.8 Å². The van der Waals surface area contributed by atoms with Gasteiger partial charge < -0.3 is 19.3 Å². The molecule has 2 aliphatic heterocycles. The second-order valence-corrected chi connectivity index (χ2v) is 6.85. The van der Waals surface area contributed by atoms with E-state index in [1.165, 1.54) is 0 Å². The van der Waals surface area contributed by atoms with Crippen molar-refractivity contribution in [3.8, 4) is 0 Å². The average Bonchev–Trinajstić information content (AvgIpc) is 2.65. The Morgan fingerprint density at radius 1 is 1.23 bits per heavy atom. The highest BCUT2D eigenvalue weighted by molar-refractivity contribution is 6.54. The van der Waals surface area contributed by atoms with Crippen LogP contribution in [0.5, 0.6) is 0 Å². The number of hydrogen-bond acceptors (Lipinski definition) is 4. The zero-order valence-electron chi connectivity index (χ0n) is 13.7. The Morgan fingerprint density at radius 2 is 1.82 bits per heavy atom. The molecule has 7 heteroatoms. The van der Waals surface area contributed by atoms with Crippen LogP contribution in [0.3, 0.4) is 0 Å². The zero-order chi connectivity index (χ0) is 16.5. The summed E-state index contributed by atoms with van der Waals surface area (Å²) in [6, 6.07) is 0. The van der Waals surface area contributed by atoms with Crippen LogP contribution in [-0.2, 0) is 18.9 Å². The SMILES string of the molecule is CC1(C)OB(C2=CCN(C(=O)CCC(=O)O)CC2)OC1(C)C. The number of nitrogens with zero attached hydrogens (tertiary/aromatic N) is 1. The highest BCUT2D eigenvalue weighted by Gasteiger charge is 2.52. The van der Waals surface area contributed by atoms with Gasteiger partial charge in [0.15, 0.2) is 0 Å². The van der Waals surface area contributed by atoms with Crippen LogP contribution in [-0.4, -0.2) is 53.3 Å². The number of aliphatic carboxylic acids is 1. The van der Waals surface area contributed by atoms with Crippen LogP contribution >= 0.6 is 0 Å². The quantitative estimate of drug-likeness (QED) is 0.799. The Bertz CT molecular complexity index is 484. The summed E-state index contributed by atoms with van der Waals surface area (Å²) in [5.74, 6) is -1.06. The maximum Gasteiger partial charge on any atom is 0.490 e. The summed E-state index contributed by atoms with van der Waals surface area (Å²) in [5, 5.41) is 8.63.